The predicted molar refractivity (Wildman–Crippen MR) is 63.5 cm³/mol. The summed E-state index contributed by atoms with van der Waals surface area (Å²) in [5.74, 6) is -0.867. The summed E-state index contributed by atoms with van der Waals surface area (Å²) in [7, 11) is 0. The highest BCUT2D eigenvalue weighted by Gasteiger charge is 2.21. The Morgan fingerprint density at radius 3 is 2.12 bits per heavy atom. The number of aliphatic hydroxyl groups is 3. The van der Waals surface area contributed by atoms with Crippen molar-refractivity contribution in [3.63, 3.8) is 0 Å². The lowest BCUT2D eigenvalue weighted by Gasteiger charge is -2.16. The molecule has 0 aromatic rings. The molecule has 3 unspecified atom stereocenters. The molecule has 6 nitrogen and oxygen atoms in total. The van der Waals surface area contributed by atoms with Gasteiger partial charge in [-0.25, -0.2) is 4.79 Å². The number of esters is 1. The molecule has 0 aliphatic carbocycles. The molecule has 0 radical (unpaired) electrons. The molecule has 17 heavy (non-hydrogen) atoms. The molecule has 3 atom stereocenters. The van der Waals surface area contributed by atoms with E-state index in [4.69, 9.17) is 27.2 Å². The molecule has 0 bridgehead atoms. The zero-order valence-electron chi connectivity index (χ0n) is 9.83. The number of ether oxygens (including phenoxy) is 2. The van der Waals surface area contributed by atoms with Crippen molar-refractivity contribution in [1.82, 2.24) is 0 Å². The SMILES string of the molecule is CC(CO)OC(=O)C(O)CC(=S)OC(C)CO. The van der Waals surface area contributed by atoms with Crippen LogP contribution in [-0.4, -0.2) is 57.9 Å². The number of carbonyl (C=O) groups is 1. The third-order valence-electron chi connectivity index (χ3n) is 1.80. The van der Waals surface area contributed by atoms with Gasteiger partial charge in [-0.2, -0.15) is 0 Å². The molecule has 0 aromatic carbocycles. The first-order valence-electron chi connectivity index (χ1n) is 5.20. The summed E-state index contributed by atoms with van der Waals surface area (Å²) in [5, 5.41) is 26.8. The van der Waals surface area contributed by atoms with Gasteiger partial charge in [0.2, 0.25) is 0 Å². The number of hydrogen-bond donors (Lipinski definition) is 3. The number of thiocarbonyl (C=S) groups is 1. The van der Waals surface area contributed by atoms with E-state index in [9.17, 15) is 9.90 Å². The molecule has 0 fully saturated rings. The molecule has 0 rings (SSSR count). The van der Waals surface area contributed by atoms with Crippen molar-refractivity contribution < 1.29 is 29.6 Å². The topological polar surface area (TPSA) is 96.2 Å². The van der Waals surface area contributed by atoms with Crippen LogP contribution < -0.4 is 0 Å². The molecule has 100 valence electrons. The zero-order valence-corrected chi connectivity index (χ0v) is 10.6. The maximum Gasteiger partial charge on any atom is 0.335 e. The summed E-state index contributed by atoms with van der Waals surface area (Å²) in [4.78, 5) is 11.3. The number of aliphatic hydroxyl groups excluding tert-OH is 3. The first-order valence-corrected chi connectivity index (χ1v) is 5.61. The van der Waals surface area contributed by atoms with Crippen LogP contribution >= 0.6 is 12.2 Å². The monoisotopic (exact) mass is 266 g/mol. The maximum absolute atomic E-state index is 11.3. The van der Waals surface area contributed by atoms with Gasteiger partial charge in [-0.05, 0) is 26.1 Å². The molecule has 0 heterocycles. The van der Waals surface area contributed by atoms with E-state index in [0.29, 0.717) is 0 Å². The summed E-state index contributed by atoms with van der Waals surface area (Å²) < 4.78 is 9.71. The van der Waals surface area contributed by atoms with Gasteiger partial charge in [0, 0.05) is 0 Å². The Kier molecular flexibility index (Phi) is 7.98. The van der Waals surface area contributed by atoms with E-state index in [0.717, 1.165) is 0 Å². The van der Waals surface area contributed by atoms with E-state index in [1.807, 2.05) is 0 Å². The number of carbonyl (C=O) groups excluding carboxylic acids is 1. The van der Waals surface area contributed by atoms with Crippen LogP contribution in [-0.2, 0) is 14.3 Å². The average molecular weight is 266 g/mol. The Bertz CT molecular complexity index is 257. The first kappa shape index (κ1) is 16.2. The third-order valence-corrected chi connectivity index (χ3v) is 2.06. The van der Waals surface area contributed by atoms with Crippen LogP contribution in [0, 0.1) is 0 Å². The van der Waals surface area contributed by atoms with Gasteiger partial charge in [0.15, 0.2) is 11.2 Å². The Labute approximate surface area is 105 Å². The van der Waals surface area contributed by atoms with E-state index < -0.39 is 24.3 Å². The summed E-state index contributed by atoms with van der Waals surface area (Å²) in [6.45, 7) is 2.57. The van der Waals surface area contributed by atoms with Crippen molar-refractivity contribution in [2.45, 2.75) is 38.6 Å². The fraction of sp³-hybridized carbons (Fsp3) is 0.800. The fourth-order valence-electron chi connectivity index (χ4n) is 0.865. The molecule has 0 saturated carbocycles. The minimum Gasteiger partial charge on any atom is -0.482 e. The van der Waals surface area contributed by atoms with Crippen LogP contribution in [0.25, 0.3) is 0 Å². The second-order valence-electron chi connectivity index (χ2n) is 3.63. The molecule has 0 saturated heterocycles. The maximum atomic E-state index is 11.3. The van der Waals surface area contributed by atoms with Crippen LogP contribution in [0.15, 0.2) is 0 Å². The number of rotatable bonds is 7. The third kappa shape index (κ3) is 7.22. The smallest absolute Gasteiger partial charge is 0.335 e. The summed E-state index contributed by atoms with van der Waals surface area (Å²) in [6.07, 6.45) is -2.77. The van der Waals surface area contributed by atoms with Gasteiger partial charge in [-0.15, -0.1) is 0 Å². The molecule has 0 amide bonds. The van der Waals surface area contributed by atoms with Crippen molar-refractivity contribution in [3.8, 4) is 0 Å². The highest BCUT2D eigenvalue weighted by atomic mass is 32.1. The second kappa shape index (κ2) is 8.35. The highest BCUT2D eigenvalue weighted by Crippen LogP contribution is 2.04. The van der Waals surface area contributed by atoms with E-state index in [1.54, 1.807) is 6.92 Å². The quantitative estimate of drug-likeness (QED) is 0.417. The Balaban J connectivity index is 4.03. The van der Waals surface area contributed by atoms with Crippen LogP contribution in [0.4, 0.5) is 0 Å². The van der Waals surface area contributed by atoms with Gasteiger partial charge >= 0.3 is 5.97 Å². The van der Waals surface area contributed by atoms with E-state index in [1.165, 1.54) is 6.92 Å². The van der Waals surface area contributed by atoms with Crippen molar-refractivity contribution in [3.05, 3.63) is 0 Å². The summed E-state index contributed by atoms with van der Waals surface area (Å²) in [6, 6.07) is 0. The van der Waals surface area contributed by atoms with Crippen LogP contribution in [0.5, 0.6) is 0 Å². The summed E-state index contributed by atoms with van der Waals surface area (Å²) >= 11 is 4.78. The highest BCUT2D eigenvalue weighted by molar-refractivity contribution is 7.80. The van der Waals surface area contributed by atoms with Crippen molar-refractivity contribution >= 4 is 23.2 Å². The first-order chi connectivity index (χ1) is 7.90. The lowest BCUT2D eigenvalue weighted by atomic mass is 10.2. The molecule has 0 spiro atoms. The molecule has 0 aromatic heterocycles. The zero-order chi connectivity index (χ0) is 13.4. The Hall–Kier alpha value is -0.760. The van der Waals surface area contributed by atoms with Gasteiger partial charge in [-0.1, -0.05) is 0 Å². The Morgan fingerprint density at radius 2 is 1.65 bits per heavy atom. The van der Waals surface area contributed by atoms with Gasteiger partial charge < -0.3 is 24.8 Å². The van der Waals surface area contributed by atoms with Gasteiger partial charge in [0.05, 0.1) is 19.6 Å². The van der Waals surface area contributed by atoms with Crippen LogP contribution in [0.1, 0.15) is 20.3 Å². The minimum atomic E-state index is -1.43. The molecule has 7 heteroatoms. The Morgan fingerprint density at radius 1 is 1.18 bits per heavy atom. The van der Waals surface area contributed by atoms with Crippen molar-refractivity contribution in [2.24, 2.45) is 0 Å². The van der Waals surface area contributed by atoms with Crippen LogP contribution in [0.2, 0.25) is 0 Å². The normalized spacial score (nSPS) is 15.8. The largest absolute Gasteiger partial charge is 0.482 e. The second-order valence-corrected chi connectivity index (χ2v) is 4.09. The standard InChI is InChI=1S/C10H18O6S/c1-6(4-11)15-9(17)3-8(13)10(14)16-7(2)5-12/h6-8,11-13H,3-5H2,1-2H3. The lowest BCUT2D eigenvalue weighted by molar-refractivity contribution is -0.159. The summed E-state index contributed by atoms with van der Waals surface area (Å²) in [5.41, 5.74) is 0. The lowest BCUT2D eigenvalue weighted by Crippen LogP contribution is -2.31. The van der Waals surface area contributed by atoms with Gasteiger partial charge in [0.1, 0.15) is 12.2 Å². The predicted octanol–water partition coefficient (Wildman–Crippen LogP) is -0.614. The van der Waals surface area contributed by atoms with Gasteiger partial charge in [0.25, 0.3) is 0 Å². The molecular weight excluding hydrogens is 248 g/mol. The molecular formula is C10H18O6S. The van der Waals surface area contributed by atoms with Gasteiger partial charge in [-0.3, -0.25) is 0 Å². The van der Waals surface area contributed by atoms with Crippen molar-refractivity contribution in [1.29, 1.82) is 0 Å². The molecule has 0 aliphatic rings. The average Bonchev–Trinajstić information content (AvgIpc) is 2.28. The van der Waals surface area contributed by atoms with E-state index >= 15 is 0 Å². The minimum absolute atomic E-state index is 0.0210. The van der Waals surface area contributed by atoms with Crippen LogP contribution in [0.3, 0.4) is 0 Å². The fourth-order valence-corrected chi connectivity index (χ4v) is 1.19. The van der Waals surface area contributed by atoms with E-state index in [2.05, 4.69) is 4.74 Å². The molecule has 3 N–H and O–H groups in total. The molecule has 0 aliphatic heterocycles. The van der Waals surface area contributed by atoms with Crippen molar-refractivity contribution in [2.75, 3.05) is 13.2 Å². The number of hydrogen-bond acceptors (Lipinski definition) is 7. The van der Waals surface area contributed by atoms with E-state index in [-0.39, 0.29) is 24.7 Å².